The van der Waals surface area contributed by atoms with Crippen LogP contribution in [0.2, 0.25) is 0 Å². The molecule has 0 aliphatic carbocycles. The molecule has 0 radical (unpaired) electrons. The number of carboxylic acids is 2. The van der Waals surface area contributed by atoms with E-state index in [0.717, 1.165) is 0 Å². The number of carbonyl (C=O) groups excluding carboxylic acids is 3. The number of nitrogens with two attached hydrogens (primary N) is 1. The maximum atomic E-state index is 12.0. The van der Waals surface area contributed by atoms with Gasteiger partial charge in [-0.3, -0.25) is 19.2 Å². The third-order valence-electron chi connectivity index (χ3n) is 3.18. The summed E-state index contributed by atoms with van der Waals surface area (Å²) in [6.07, 6.45) is -2.06. The van der Waals surface area contributed by atoms with Crippen LogP contribution in [0.4, 0.5) is 0 Å². The molecule has 0 rings (SSSR count). The minimum absolute atomic E-state index is 0.328. The zero-order valence-electron chi connectivity index (χ0n) is 14.4. The summed E-state index contributed by atoms with van der Waals surface area (Å²) in [5.41, 5.74) is 5.35. The van der Waals surface area contributed by atoms with Gasteiger partial charge < -0.3 is 37.0 Å². The monoisotopic (exact) mass is 376 g/mol. The number of hydrogen-bond donors (Lipinski definition) is 7. The first-order valence-electron chi connectivity index (χ1n) is 7.71. The van der Waals surface area contributed by atoms with Gasteiger partial charge in [-0.05, 0) is 20.3 Å². The maximum absolute atomic E-state index is 12.0. The lowest BCUT2D eigenvalue weighted by molar-refractivity contribution is -0.143. The lowest BCUT2D eigenvalue weighted by atomic mass is 10.1. The summed E-state index contributed by atoms with van der Waals surface area (Å²) in [4.78, 5) is 56.7. The molecule has 148 valence electrons. The number of nitrogens with one attached hydrogen (secondary N) is 3. The molecule has 12 heteroatoms. The second-order valence-electron chi connectivity index (χ2n) is 5.62. The molecule has 12 nitrogen and oxygen atoms in total. The molecule has 0 heterocycles. The standard InChI is InChI=1S/C14H24N4O8/c1-6(15)12(23)18-11(7(2)19)13(24)16-5-9(20)17-8(14(25)26)3-4-10(21)22/h6-8,11,19H,3-5,15H2,1-2H3,(H,16,24)(H,17,20)(H,18,23)(H,21,22)(H,25,26). The highest BCUT2D eigenvalue weighted by molar-refractivity contribution is 5.92. The lowest BCUT2D eigenvalue weighted by Crippen LogP contribution is -2.56. The zero-order valence-corrected chi connectivity index (χ0v) is 14.4. The van der Waals surface area contributed by atoms with E-state index >= 15 is 0 Å². The fourth-order valence-corrected chi connectivity index (χ4v) is 1.74. The van der Waals surface area contributed by atoms with Gasteiger partial charge in [-0.1, -0.05) is 0 Å². The van der Waals surface area contributed by atoms with E-state index < -0.39 is 66.9 Å². The van der Waals surface area contributed by atoms with E-state index in [-0.39, 0.29) is 6.42 Å². The lowest BCUT2D eigenvalue weighted by Gasteiger charge is -2.22. The first-order valence-corrected chi connectivity index (χ1v) is 7.71. The van der Waals surface area contributed by atoms with Crippen molar-refractivity contribution >= 4 is 29.7 Å². The Bertz CT molecular complexity index is 549. The topological polar surface area (TPSA) is 208 Å². The number of aliphatic carboxylic acids is 2. The first-order chi connectivity index (χ1) is 12.0. The summed E-state index contributed by atoms with van der Waals surface area (Å²) in [7, 11) is 0. The van der Waals surface area contributed by atoms with Crippen molar-refractivity contribution < 1.29 is 39.3 Å². The van der Waals surface area contributed by atoms with Crippen molar-refractivity contribution in [1.82, 2.24) is 16.0 Å². The van der Waals surface area contributed by atoms with E-state index in [0.29, 0.717) is 0 Å². The Hall–Kier alpha value is -2.73. The molecule has 0 saturated heterocycles. The maximum Gasteiger partial charge on any atom is 0.326 e. The molecule has 26 heavy (non-hydrogen) atoms. The van der Waals surface area contributed by atoms with Gasteiger partial charge in [0.1, 0.15) is 12.1 Å². The van der Waals surface area contributed by atoms with Crippen molar-refractivity contribution in [1.29, 1.82) is 0 Å². The average molecular weight is 376 g/mol. The van der Waals surface area contributed by atoms with Gasteiger partial charge in [0.2, 0.25) is 17.7 Å². The molecule has 8 N–H and O–H groups in total. The third-order valence-corrected chi connectivity index (χ3v) is 3.18. The number of hydrogen-bond acceptors (Lipinski definition) is 7. The van der Waals surface area contributed by atoms with Crippen LogP contribution in [-0.4, -0.2) is 75.8 Å². The Morgan fingerprint density at radius 3 is 2.00 bits per heavy atom. The largest absolute Gasteiger partial charge is 0.481 e. The van der Waals surface area contributed by atoms with Crippen LogP contribution in [0.5, 0.6) is 0 Å². The summed E-state index contributed by atoms with van der Waals surface area (Å²) < 4.78 is 0. The SMILES string of the molecule is CC(N)C(=O)NC(C(=O)NCC(=O)NC(CCC(=O)O)C(=O)O)C(C)O. The Balaban J connectivity index is 4.64. The van der Waals surface area contributed by atoms with Gasteiger partial charge >= 0.3 is 11.9 Å². The molecule has 0 aliphatic heterocycles. The van der Waals surface area contributed by atoms with Crippen molar-refractivity contribution in [2.75, 3.05) is 6.54 Å². The van der Waals surface area contributed by atoms with E-state index in [2.05, 4.69) is 16.0 Å². The minimum Gasteiger partial charge on any atom is -0.481 e. The second kappa shape index (κ2) is 11.0. The average Bonchev–Trinajstić information content (AvgIpc) is 2.52. The normalized spacial score (nSPS) is 15.1. The summed E-state index contributed by atoms with van der Waals surface area (Å²) in [5, 5.41) is 33.5. The van der Waals surface area contributed by atoms with Crippen LogP contribution in [0.15, 0.2) is 0 Å². The number of carboxylic acid groups (broad SMARTS) is 2. The fraction of sp³-hybridized carbons (Fsp3) is 0.643. The van der Waals surface area contributed by atoms with Gasteiger partial charge in [-0.15, -0.1) is 0 Å². The molecule has 0 fully saturated rings. The highest BCUT2D eigenvalue weighted by Gasteiger charge is 2.27. The van der Waals surface area contributed by atoms with Crippen LogP contribution < -0.4 is 21.7 Å². The van der Waals surface area contributed by atoms with E-state index in [9.17, 15) is 29.1 Å². The molecule has 4 unspecified atom stereocenters. The van der Waals surface area contributed by atoms with Gasteiger partial charge in [0, 0.05) is 6.42 Å². The number of amides is 3. The fourth-order valence-electron chi connectivity index (χ4n) is 1.74. The van der Waals surface area contributed by atoms with Crippen LogP contribution in [0.25, 0.3) is 0 Å². The number of aliphatic hydroxyl groups is 1. The van der Waals surface area contributed by atoms with Crippen LogP contribution in [0.3, 0.4) is 0 Å². The molecule has 3 amide bonds. The second-order valence-corrected chi connectivity index (χ2v) is 5.62. The molecule has 0 bridgehead atoms. The minimum atomic E-state index is -1.43. The molecular formula is C14H24N4O8. The van der Waals surface area contributed by atoms with Crippen LogP contribution >= 0.6 is 0 Å². The Morgan fingerprint density at radius 2 is 1.58 bits per heavy atom. The number of aliphatic hydroxyl groups excluding tert-OH is 1. The molecule has 0 saturated carbocycles. The summed E-state index contributed by atoms with van der Waals surface area (Å²) in [6.45, 7) is 1.99. The van der Waals surface area contributed by atoms with E-state index in [1.54, 1.807) is 0 Å². The summed E-state index contributed by atoms with van der Waals surface area (Å²) in [5.74, 6) is -5.07. The van der Waals surface area contributed by atoms with Crippen LogP contribution in [-0.2, 0) is 24.0 Å². The highest BCUT2D eigenvalue weighted by Crippen LogP contribution is 1.98. The van der Waals surface area contributed by atoms with Crippen molar-refractivity contribution in [3.63, 3.8) is 0 Å². The zero-order chi connectivity index (χ0) is 20.4. The molecule has 0 spiro atoms. The van der Waals surface area contributed by atoms with Crippen LogP contribution in [0, 0.1) is 0 Å². The summed E-state index contributed by atoms with van der Waals surface area (Å²) >= 11 is 0. The quantitative estimate of drug-likeness (QED) is 0.193. The molecular weight excluding hydrogens is 352 g/mol. The summed E-state index contributed by atoms with van der Waals surface area (Å²) in [6, 6.07) is -3.71. The van der Waals surface area contributed by atoms with E-state index in [4.69, 9.17) is 15.9 Å². The van der Waals surface area contributed by atoms with Crippen molar-refractivity contribution in [3.8, 4) is 0 Å². The predicted molar refractivity (Wildman–Crippen MR) is 86.7 cm³/mol. The van der Waals surface area contributed by atoms with Crippen LogP contribution in [0.1, 0.15) is 26.7 Å². The van der Waals surface area contributed by atoms with Crippen molar-refractivity contribution in [2.45, 2.75) is 50.9 Å². The molecule has 0 aliphatic rings. The van der Waals surface area contributed by atoms with Crippen molar-refractivity contribution in [3.05, 3.63) is 0 Å². The molecule has 0 aromatic carbocycles. The molecule has 0 aromatic heterocycles. The van der Waals surface area contributed by atoms with Crippen molar-refractivity contribution in [2.24, 2.45) is 5.73 Å². The number of carbonyl (C=O) groups is 5. The first kappa shape index (κ1) is 23.3. The third kappa shape index (κ3) is 8.94. The Labute approximate surface area is 149 Å². The van der Waals surface area contributed by atoms with Gasteiger partial charge in [-0.2, -0.15) is 0 Å². The predicted octanol–water partition coefficient (Wildman–Crippen LogP) is -3.25. The smallest absolute Gasteiger partial charge is 0.326 e. The van der Waals surface area contributed by atoms with E-state index in [1.807, 2.05) is 0 Å². The van der Waals surface area contributed by atoms with E-state index in [1.165, 1.54) is 13.8 Å². The van der Waals surface area contributed by atoms with Gasteiger partial charge in [0.05, 0.1) is 18.7 Å². The highest BCUT2D eigenvalue weighted by atomic mass is 16.4. The van der Waals surface area contributed by atoms with Gasteiger partial charge in [0.25, 0.3) is 0 Å². The number of rotatable bonds is 11. The molecule has 0 aromatic rings. The molecule has 4 atom stereocenters. The Kier molecular flexibility index (Phi) is 9.84. The Morgan fingerprint density at radius 1 is 1.00 bits per heavy atom. The van der Waals surface area contributed by atoms with Gasteiger partial charge in [-0.25, -0.2) is 4.79 Å². The van der Waals surface area contributed by atoms with Gasteiger partial charge in [0.15, 0.2) is 0 Å².